The fraction of sp³-hybridized carbons (Fsp3) is 0.500. The largest absolute Gasteiger partial charge is 0.396 e. The van der Waals surface area contributed by atoms with Crippen molar-refractivity contribution in [3.05, 3.63) is 29.8 Å². The predicted molar refractivity (Wildman–Crippen MR) is 64.2 cm³/mol. The minimum Gasteiger partial charge on any atom is -0.396 e. The minimum absolute atomic E-state index is 0.159. The van der Waals surface area contributed by atoms with Crippen LogP contribution in [-0.2, 0) is 16.3 Å². The Balaban J connectivity index is 2.87. The van der Waals surface area contributed by atoms with Crippen molar-refractivity contribution in [3.8, 4) is 0 Å². The highest BCUT2D eigenvalue weighted by Gasteiger charge is 2.18. The Hall–Kier alpha value is -0.870. The fourth-order valence-corrected chi connectivity index (χ4v) is 2.46. The summed E-state index contributed by atoms with van der Waals surface area (Å²) in [4.78, 5) is 0.371. The van der Waals surface area contributed by atoms with E-state index in [1.807, 2.05) is 12.1 Å². The minimum atomic E-state index is -3.16. The van der Waals surface area contributed by atoms with Gasteiger partial charge in [-0.25, -0.2) is 8.42 Å². The van der Waals surface area contributed by atoms with Crippen LogP contribution in [0, 0.1) is 0 Å². The third-order valence-corrected chi connectivity index (χ3v) is 4.67. The smallest absolute Gasteiger partial charge is 0.180 e. The number of hydrogen-bond acceptors (Lipinski definition) is 3. The number of sulfone groups is 1. The third-order valence-electron chi connectivity index (χ3n) is 2.50. The summed E-state index contributed by atoms with van der Waals surface area (Å²) in [5.41, 5.74) is 1.05. The van der Waals surface area contributed by atoms with Gasteiger partial charge in [0.1, 0.15) is 0 Å². The second kappa shape index (κ2) is 5.46. The molecule has 0 atom stereocenters. The summed E-state index contributed by atoms with van der Waals surface area (Å²) in [6, 6.07) is 6.90. The van der Waals surface area contributed by atoms with Crippen molar-refractivity contribution in [2.75, 3.05) is 6.61 Å². The van der Waals surface area contributed by atoms with Gasteiger partial charge in [0.05, 0.1) is 10.1 Å². The van der Waals surface area contributed by atoms with Crippen LogP contribution >= 0.6 is 0 Å². The van der Waals surface area contributed by atoms with E-state index in [4.69, 9.17) is 5.11 Å². The number of hydrogen-bond donors (Lipinski definition) is 1. The molecule has 1 N–H and O–H groups in total. The van der Waals surface area contributed by atoms with Crippen LogP contribution in [0.15, 0.2) is 29.2 Å². The van der Waals surface area contributed by atoms with E-state index in [-0.39, 0.29) is 6.61 Å². The van der Waals surface area contributed by atoms with Crippen LogP contribution in [0.5, 0.6) is 0 Å². The molecule has 16 heavy (non-hydrogen) atoms. The monoisotopic (exact) mass is 242 g/mol. The standard InChI is InChI=1S/C12H18O3S/c1-10(2)16(14,15)12-7-5-11(6-8-12)4-3-9-13/h5-8,10,13H,3-4,9H2,1-2H3. The molecule has 0 aromatic heterocycles. The summed E-state index contributed by atoms with van der Waals surface area (Å²) >= 11 is 0. The Kier molecular flexibility index (Phi) is 4.50. The maximum Gasteiger partial charge on any atom is 0.180 e. The SMILES string of the molecule is CC(C)S(=O)(=O)c1ccc(CCCO)cc1. The zero-order valence-electron chi connectivity index (χ0n) is 9.68. The maximum atomic E-state index is 11.8. The first-order chi connectivity index (χ1) is 7.48. The third kappa shape index (κ3) is 3.06. The van der Waals surface area contributed by atoms with Gasteiger partial charge in [-0.2, -0.15) is 0 Å². The zero-order chi connectivity index (χ0) is 12.2. The van der Waals surface area contributed by atoms with Crippen LogP contribution in [-0.4, -0.2) is 25.4 Å². The van der Waals surface area contributed by atoms with E-state index in [2.05, 4.69) is 0 Å². The molecule has 4 heteroatoms. The highest BCUT2D eigenvalue weighted by atomic mass is 32.2. The van der Waals surface area contributed by atoms with Crippen LogP contribution in [0.1, 0.15) is 25.8 Å². The van der Waals surface area contributed by atoms with Crippen LogP contribution in [0.25, 0.3) is 0 Å². The van der Waals surface area contributed by atoms with Crippen LogP contribution in [0.2, 0.25) is 0 Å². The molecule has 0 unspecified atom stereocenters. The zero-order valence-corrected chi connectivity index (χ0v) is 10.5. The molecule has 0 aliphatic rings. The molecule has 0 radical (unpaired) electrons. The number of aryl methyl sites for hydroxylation is 1. The van der Waals surface area contributed by atoms with Crippen molar-refractivity contribution >= 4 is 9.84 Å². The summed E-state index contributed by atoms with van der Waals surface area (Å²) < 4.78 is 23.6. The molecule has 1 aromatic carbocycles. The molecule has 0 aliphatic heterocycles. The van der Waals surface area contributed by atoms with Crippen molar-refractivity contribution in [1.29, 1.82) is 0 Å². The first kappa shape index (κ1) is 13.2. The molecular formula is C12H18O3S. The number of benzene rings is 1. The van der Waals surface area contributed by atoms with Crippen molar-refractivity contribution < 1.29 is 13.5 Å². The Morgan fingerprint density at radius 2 is 1.75 bits per heavy atom. The van der Waals surface area contributed by atoms with Gasteiger partial charge in [-0.15, -0.1) is 0 Å². The highest BCUT2D eigenvalue weighted by molar-refractivity contribution is 7.92. The van der Waals surface area contributed by atoms with E-state index in [1.165, 1.54) is 0 Å². The molecule has 0 aliphatic carbocycles. The van der Waals surface area contributed by atoms with E-state index < -0.39 is 15.1 Å². The molecule has 0 saturated heterocycles. The van der Waals surface area contributed by atoms with Gasteiger partial charge in [0.2, 0.25) is 0 Å². The molecule has 1 rings (SSSR count). The summed E-state index contributed by atoms with van der Waals surface area (Å²) in [6.07, 6.45) is 1.48. The van der Waals surface area contributed by atoms with E-state index in [0.29, 0.717) is 11.3 Å². The molecule has 0 spiro atoms. The lowest BCUT2D eigenvalue weighted by atomic mass is 10.1. The molecular weight excluding hydrogens is 224 g/mol. The number of aliphatic hydroxyl groups excluding tert-OH is 1. The Morgan fingerprint density at radius 3 is 2.19 bits per heavy atom. The molecule has 0 bridgehead atoms. The molecule has 0 saturated carbocycles. The topological polar surface area (TPSA) is 54.4 Å². The second-order valence-corrected chi connectivity index (χ2v) is 6.57. The number of aliphatic hydroxyl groups is 1. The van der Waals surface area contributed by atoms with E-state index >= 15 is 0 Å². The molecule has 1 aromatic rings. The molecule has 0 amide bonds. The van der Waals surface area contributed by atoms with Gasteiger partial charge in [0.15, 0.2) is 9.84 Å². The summed E-state index contributed by atoms with van der Waals surface area (Å²) in [7, 11) is -3.16. The molecule has 0 heterocycles. The lowest BCUT2D eigenvalue weighted by Crippen LogP contribution is -2.13. The van der Waals surface area contributed by atoms with Gasteiger partial charge < -0.3 is 5.11 Å². The fourth-order valence-electron chi connectivity index (χ4n) is 1.40. The van der Waals surface area contributed by atoms with E-state index in [9.17, 15) is 8.42 Å². The second-order valence-electron chi connectivity index (χ2n) is 4.06. The molecule has 0 fully saturated rings. The Bertz CT molecular complexity index is 418. The van der Waals surface area contributed by atoms with Gasteiger partial charge in [0.25, 0.3) is 0 Å². The predicted octanol–water partition coefficient (Wildman–Crippen LogP) is 1.79. The molecule has 3 nitrogen and oxygen atoms in total. The molecule has 90 valence electrons. The average molecular weight is 242 g/mol. The first-order valence-corrected chi connectivity index (χ1v) is 6.97. The van der Waals surface area contributed by atoms with Gasteiger partial charge in [0, 0.05) is 6.61 Å². The summed E-state index contributed by atoms with van der Waals surface area (Å²) in [5.74, 6) is 0. The van der Waals surface area contributed by atoms with Gasteiger partial charge in [-0.1, -0.05) is 12.1 Å². The Morgan fingerprint density at radius 1 is 1.19 bits per heavy atom. The average Bonchev–Trinajstić information content (AvgIpc) is 2.26. The highest BCUT2D eigenvalue weighted by Crippen LogP contribution is 2.16. The normalized spacial score (nSPS) is 12.0. The van der Waals surface area contributed by atoms with Gasteiger partial charge in [-0.3, -0.25) is 0 Å². The van der Waals surface area contributed by atoms with Crippen molar-refractivity contribution in [2.24, 2.45) is 0 Å². The van der Waals surface area contributed by atoms with Crippen molar-refractivity contribution in [3.63, 3.8) is 0 Å². The van der Waals surface area contributed by atoms with Crippen LogP contribution in [0.4, 0.5) is 0 Å². The van der Waals surface area contributed by atoms with E-state index in [0.717, 1.165) is 12.0 Å². The van der Waals surface area contributed by atoms with Crippen molar-refractivity contribution in [2.45, 2.75) is 36.8 Å². The lowest BCUT2D eigenvalue weighted by molar-refractivity contribution is 0.288. The van der Waals surface area contributed by atoms with Gasteiger partial charge >= 0.3 is 0 Å². The van der Waals surface area contributed by atoms with Gasteiger partial charge in [-0.05, 0) is 44.4 Å². The van der Waals surface area contributed by atoms with Crippen LogP contribution in [0.3, 0.4) is 0 Å². The quantitative estimate of drug-likeness (QED) is 0.856. The lowest BCUT2D eigenvalue weighted by Gasteiger charge is -2.08. The summed E-state index contributed by atoms with van der Waals surface area (Å²) in [6.45, 7) is 3.51. The Labute approximate surface area is 97.0 Å². The summed E-state index contributed by atoms with van der Waals surface area (Å²) in [5, 5.41) is 8.30. The maximum absolute atomic E-state index is 11.8. The first-order valence-electron chi connectivity index (χ1n) is 5.42. The van der Waals surface area contributed by atoms with Crippen LogP contribution < -0.4 is 0 Å². The number of rotatable bonds is 5. The van der Waals surface area contributed by atoms with Crippen molar-refractivity contribution in [1.82, 2.24) is 0 Å². The van der Waals surface area contributed by atoms with E-state index in [1.54, 1.807) is 26.0 Å².